The van der Waals surface area contributed by atoms with Gasteiger partial charge in [0.15, 0.2) is 22.5 Å². The first kappa shape index (κ1) is 12.9. The Kier molecular flexibility index (Phi) is 2.97. The van der Waals surface area contributed by atoms with Crippen LogP contribution in [0.1, 0.15) is 12.5 Å². The van der Waals surface area contributed by atoms with Crippen molar-refractivity contribution in [3.8, 4) is 11.6 Å². The van der Waals surface area contributed by atoms with Gasteiger partial charge in [-0.3, -0.25) is 0 Å². The van der Waals surface area contributed by atoms with E-state index in [2.05, 4.69) is 21.5 Å². The van der Waals surface area contributed by atoms with Crippen molar-refractivity contribution in [1.29, 1.82) is 0 Å². The highest BCUT2D eigenvalue weighted by atomic mass is 35.5. The molecule has 6 heteroatoms. The van der Waals surface area contributed by atoms with Crippen LogP contribution in [0.2, 0.25) is 5.22 Å². The summed E-state index contributed by atoms with van der Waals surface area (Å²) in [5, 5.41) is 0.375. The van der Waals surface area contributed by atoms with Crippen molar-refractivity contribution in [2.24, 2.45) is 0 Å². The Morgan fingerprint density at radius 1 is 1.33 bits per heavy atom. The summed E-state index contributed by atoms with van der Waals surface area (Å²) in [6, 6.07) is 7.84. The molecule has 1 aliphatic rings. The molecule has 1 fully saturated rings. The van der Waals surface area contributed by atoms with E-state index < -0.39 is 0 Å². The molecule has 0 bridgehead atoms. The molecule has 3 aromatic rings. The Balaban J connectivity index is 1.93. The zero-order chi connectivity index (χ0) is 14.4. The lowest BCUT2D eigenvalue weighted by atomic mass is 10.2. The van der Waals surface area contributed by atoms with Crippen molar-refractivity contribution in [3.05, 3.63) is 35.7 Å². The molecule has 21 heavy (non-hydrogen) atoms. The Hall–Kier alpha value is -1.85. The average molecular weight is 303 g/mol. The van der Waals surface area contributed by atoms with Gasteiger partial charge < -0.3 is 13.9 Å². The van der Waals surface area contributed by atoms with Gasteiger partial charge >= 0.3 is 0 Å². The minimum atomic E-state index is 0.355. The summed E-state index contributed by atoms with van der Waals surface area (Å²) in [5.74, 6) is 1.49. The maximum Gasteiger partial charge on any atom is 0.194 e. The Bertz CT molecular complexity index is 794. The van der Waals surface area contributed by atoms with E-state index >= 15 is 0 Å². The SMILES string of the molecule is CN1CCC(n2c(-c3ccc(Cl)o3)nc3cccnc32)C1. The third-order valence-electron chi connectivity index (χ3n) is 3.97. The lowest BCUT2D eigenvalue weighted by Gasteiger charge is -2.15. The predicted molar refractivity (Wildman–Crippen MR) is 81.4 cm³/mol. The maximum atomic E-state index is 5.92. The first-order chi connectivity index (χ1) is 10.2. The molecule has 0 spiro atoms. The normalized spacial score (nSPS) is 19.6. The number of likely N-dealkylation sites (tertiary alicyclic amines) is 1. The molecule has 0 saturated carbocycles. The summed E-state index contributed by atoms with van der Waals surface area (Å²) in [4.78, 5) is 11.5. The second-order valence-electron chi connectivity index (χ2n) is 5.46. The molecule has 1 saturated heterocycles. The van der Waals surface area contributed by atoms with E-state index in [0.29, 0.717) is 17.0 Å². The second kappa shape index (κ2) is 4.86. The molecule has 5 nitrogen and oxygen atoms in total. The summed E-state index contributed by atoms with van der Waals surface area (Å²) in [7, 11) is 2.13. The zero-order valence-corrected chi connectivity index (χ0v) is 12.4. The van der Waals surface area contributed by atoms with Crippen LogP contribution >= 0.6 is 11.6 Å². The van der Waals surface area contributed by atoms with Gasteiger partial charge in [0.25, 0.3) is 0 Å². The number of hydrogen-bond donors (Lipinski definition) is 0. The van der Waals surface area contributed by atoms with Crippen LogP contribution in [0.15, 0.2) is 34.9 Å². The number of fused-ring (bicyclic) bond motifs is 1. The zero-order valence-electron chi connectivity index (χ0n) is 11.7. The van der Waals surface area contributed by atoms with E-state index in [4.69, 9.17) is 21.0 Å². The number of halogens is 1. The standard InChI is InChI=1S/C15H15ClN4O/c1-19-8-6-10(9-19)20-14-11(3-2-7-17-14)18-15(20)12-4-5-13(16)21-12/h2-5,7,10H,6,8-9H2,1H3. The van der Waals surface area contributed by atoms with Crippen molar-refractivity contribution in [1.82, 2.24) is 19.4 Å². The summed E-state index contributed by atoms with van der Waals surface area (Å²) in [6.45, 7) is 2.07. The molecular weight excluding hydrogens is 288 g/mol. The number of rotatable bonds is 2. The molecule has 108 valence electrons. The molecule has 4 rings (SSSR count). The predicted octanol–water partition coefficient (Wildman–Crippen LogP) is 3.22. The van der Waals surface area contributed by atoms with Crippen LogP contribution in [0.5, 0.6) is 0 Å². The van der Waals surface area contributed by atoms with Crippen LogP contribution in [-0.4, -0.2) is 39.6 Å². The third kappa shape index (κ3) is 2.13. The minimum Gasteiger partial charge on any atom is -0.441 e. The van der Waals surface area contributed by atoms with Gasteiger partial charge in [0.2, 0.25) is 0 Å². The maximum absolute atomic E-state index is 5.92. The van der Waals surface area contributed by atoms with Gasteiger partial charge in [-0.05, 0) is 55.9 Å². The van der Waals surface area contributed by atoms with Gasteiger partial charge in [0.1, 0.15) is 5.52 Å². The molecule has 4 heterocycles. The Morgan fingerprint density at radius 3 is 2.95 bits per heavy atom. The van der Waals surface area contributed by atoms with Gasteiger partial charge in [-0.2, -0.15) is 0 Å². The molecular formula is C15H15ClN4O. The highest BCUT2D eigenvalue weighted by Gasteiger charge is 2.27. The average Bonchev–Trinajstić information content (AvgIpc) is 3.16. The minimum absolute atomic E-state index is 0.355. The number of furan rings is 1. The quantitative estimate of drug-likeness (QED) is 0.729. The molecule has 0 amide bonds. The van der Waals surface area contributed by atoms with Gasteiger partial charge in [0.05, 0.1) is 6.04 Å². The van der Waals surface area contributed by atoms with Crippen molar-refractivity contribution in [2.75, 3.05) is 20.1 Å². The summed E-state index contributed by atoms with van der Waals surface area (Å²) >= 11 is 5.92. The lowest BCUT2D eigenvalue weighted by molar-refractivity contribution is 0.394. The van der Waals surface area contributed by atoms with Crippen molar-refractivity contribution in [3.63, 3.8) is 0 Å². The second-order valence-corrected chi connectivity index (χ2v) is 5.83. The smallest absolute Gasteiger partial charge is 0.194 e. The third-order valence-corrected chi connectivity index (χ3v) is 4.18. The van der Waals surface area contributed by atoms with Gasteiger partial charge in [-0.1, -0.05) is 0 Å². The van der Waals surface area contributed by atoms with Crippen LogP contribution in [0.25, 0.3) is 22.7 Å². The van der Waals surface area contributed by atoms with E-state index in [-0.39, 0.29) is 0 Å². The monoisotopic (exact) mass is 302 g/mol. The van der Waals surface area contributed by atoms with Gasteiger partial charge in [-0.15, -0.1) is 0 Å². The number of hydrogen-bond acceptors (Lipinski definition) is 4. The number of aromatic nitrogens is 3. The topological polar surface area (TPSA) is 47.1 Å². The summed E-state index contributed by atoms with van der Waals surface area (Å²) in [6.07, 6.45) is 2.89. The number of likely N-dealkylation sites (N-methyl/N-ethyl adjacent to an activating group) is 1. The fourth-order valence-electron chi connectivity index (χ4n) is 3.01. The van der Waals surface area contributed by atoms with Crippen molar-refractivity contribution < 1.29 is 4.42 Å². The molecule has 0 radical (unpaired) electrons. The molecule has 1 unspecified atom stereocenters. The highest BCUT2D eigenvalue weighted by Crippen LogP contribution is 2.33. The molecule has 0 aliphatic carbocycles. The van der Waals surface area contributed by atoms with E-state index in [9.17, 15) is 0 Å². The molecule has 3 aromatic heterocycles. The van der Waals surface area contributed by atoms with Crippen LogP contribution in [0.3, 0.4) is 0 Å². The van der Waals surface area contributed by atoms with Crippen LogP contribution in [0, 0.1) is 0 Å². The van der Waals surface area contributed by atoms with E-state index in [1.807, 2.05) is 18.2 Å². The lowest BCUT2D eigenvalue weighted by Crippen LogP contribution is -2.17. The number of imidazole rings is 1. The number of nitrogens with zero attached hydrogens (tertiary/aromatic N) is 4. The molecule has 0 N–H and O–H groups in total. The molecule has 1 atom stereocenters. The van der Waals surface area contributed by atoms with Gasteiger partial charge in [-0.25, -0.2) is 9.97 Å². The Morgan fingerprint density at radius 2 is 2.24 bits per heavy atom. The Labute approximate surface area is 127 Å². The molecule has 1 aliphatic heterocycles. The van der Waals surface area contributed by atoms with Crippen LogP contribution < -0.4 is 0 Å². The van der Waals surface area contributed by atoms with Gasteiger partial charge in [0, 0.05) is 12.7 Å². The van der Waals surface area contributed by atoms with Crippen LogP contribution in [0.4, 0.5) is 0 Å². The summed E-state index contributed by atoms with van der Waals surface area (Å²) in [5.41, 5.74) is 1.79. The van der Waals surface area contributed by atoms with Crippen molar-refractivity contribution in [2.45, 2.75) is 12.5 Å². The highest BCUT2D eigenvalue weighted by molar-refractivity contribution is 6.28. The van der Waals surface area contributed by atoms with Crippen molar-refractivity contribution >= 4 is 22.8 Å². The van der Waals surface area contributed by atoms with E-state index in [0.717, 1.165) is 36.5 Å². The number of pyridine rings is 1. The largest absolute Gasteiger partial charge is 0.441 e. The van der Waals surface area contributed by atoms with E-state index in [1.54, 1.807) is 12.3 Å². The van der Waals surface area contributed by atoms with Crippen LogP contribution in [-0.2, 0) is 0 Å². The fourth-order valence-corrected chi connectivity index (χ4v) is 3.15. The first-order valence-corrected chi connectivity index (χ1v) is 7.37. The fraction of sp³-hybridized carbons (Fsp3) is 0.333. The summed E-state index contributed by atoms with van der Waals surface area (Å²) < 4.78 is 7.76. The van der Waals surface area contributed by atoms with E-state index in [1.165, 1.54) is 0 Å². The molecule has 0 aromatic carbocycles. The first-order valence-electron chi connectivity index (χ1n) is 6.99.